The number of halogens is 1. The first-order valence-electron chi connectivity index (χ1n) is 7.53. The lowest BCUT2D eigenvalue weighted by molar-refractivity contribution is -0.119. The summed E-state index contributed by atoms with van der Waals surface area (Å²) >= 11 is 2.19. The Bertz CT molecular complexity index is 716. The van der Waals surface area contributed by atoms with Gasteiger partial charge in [-0.1, -0.05) is 23.8 Å². The zero-order chi connectivity index (χ0) is 17.5. The Morgan fingerprint density at radius 2 is 1.54 bits per heavy atom. The Balaban J connectivity index is 1.79. The van der Waals surface area contributed by atoms with Crippen molar-refractivity contribution < 1.29 is 9.59 Å². The molecule has 2 amide bonds. The van der Waals surface area contributed by atoms with Crippen LogP contribution in [0.15, 0.2) is 48.5 Å². The third-order valence-electron chi connectivity index (χ3n) is 3.27. The van der Waals surface area contributed by atoms with Gasteiger partial charge in [0.15, 0.2) is 0 Å². The number of carbonyl (C=O) groups excluding carboxylic acids is 2. The molecule has 0 aliphatic rings. The van der Waals surface area contributed by atoms with Crippen LogP contribution in [0, 0.1) is 10.5 Å². The monoisotopic (exact) mass is 437 g/mol. The molecule has 0 radical (unpaired) electrons. The highest BCUT2D eigenvalue weighted by atomic mass is 127. The Labute approximate surface area is 155 Å². The summed E-state index contributed by atoms with van der Waals surface area (Å²) in [5, 5.41) is 5.64. The lowest BCUT2D eigenvalue weighted by Crippen LogP contribution is -2.36. The standard InChI is InChI=1S/C18H20IN3O2/c1-13-6-8-15(9-7-13)20-17(23)11-22(2)12-18(24)21-16-5-3-4-14(19)10-16/h3-10H,11-12H2,1-2H3,(H,20,23)(H,21,24). The van der Waals surface area contributed by atoms with Gasteiger partial charge >= 0.3 is 0 Å². The summed E-state index contributed by atoms with van der Waals surface area (Å²) in [7, 11) is 1.74. The maximum atomic E-state index is 12.0. The molecule has 6 heteroatoms. The molecule has 126 valence electrons. The Morgan fingerprint density at radius 1 is 0.958 bits per heavy atom. The van der Waals surface area contributed by atoms with Gasteiger partial charge in [0.2, 0.25) is 11.8 Å². The fraction of sp³-hybridized carbons (Fsp3) is 0.222. The van der Waals surface area contributed by atoms with Gasteiger partial charge < -0.3 is 10.6 Å². The third-order valence-corrected chi connectivity index (χ3v) is 3.94. The summed E-state index contributed by atoms with van der Waals surface area (Å²) in [6.07, 6.45) is 0. The van der Waals surface area contributed by atoms with Gasteiger partial charge in [-0.3, -0.25) is 14.5 Å². The van der Waals surface area contributed by atoms with E-state index in [1.807, 2.05) is 55.5 Å². The quantitative estimate of drug-likeness (QED) is 0.683. The number of nitrogens with one attached hydrogen (secondary N) is 2. The SMILES string of the molecule is Cc1ccc(NC(=O)CN(C)CC(=O)Nc2cccc(I)c2)cc1. The number of amides is 2. The summed E-state index contributed by atoms with van der Waals surface area (Å²) in [5.41, 5.74) is 2.64. The van der Waals surface area contributed by atoms with Crippen molar-refractivity contribution in [2.24, 2.45) is 0 Å². The maximum Gasteiger partial charge on any atom is 0.238 e. The zero-order valence-electron chi connectivity index (χ0n) is 13.7. The minimum absolute atomic E-state index is 0.146. The van der Waals surface area contributed by atoms with Crippen molar-refractivity contribution in [1.82, 2.24) is 4.90 Å². The second kappa shape index (κ2) is 8.79. The van der Waals surface area contributed by atoms with Gasteiger partial charge in [-0.05, 0) is 66.9 Å². The van der Waals surface area contributed by atoms with Crippen molar-refractivity contribution in [2.45, 2.75) is 6.92 Å². The van der Waals surface area contributed by atoms with Gasteiger partial charge in [0.25, 0.3) is 0 Å². The molecule has 2 N–H and O–H groups in total. The van der Waals surface area contributed by atoms with E-state index in [9.17, 15) is 9.59 Å². The van der Waals surface area contributed by atoms with Crippen LogP contribution in [0.4, 0.5) is 11.4 Å². The van der Waals surface area contributed by atoms with Gasteiger partial charge in [0.1, 0.15) is 0 Å². The molecular formula is C18H20IN3O2. The molecule has 0 spiro atoms. The number of anilines is 2. The van der Waals surface area contributed by atoms with Crippen LogP contribution in [0.3, 0.4) is 0 Å². The van der Waals surface area contributed by atoms with Crippen LogP contribution in [0.1, 0.15) is 5.56 Å². The van der Waals surface area contributed by atoms with Gasteiger partial charge in [-0.2, -0.15) is 0 Å². The summed E-state index contributed by atoms with van der Waals surface area (Å²) in [6, 6.07) is 15.2. The highest BCUT2D eigenvalue weighted by molar-refractivity contribution is 14.1. The molecule has 0 unspecified atom stereocenters. The van der Waals surface area contributed by atoms with Gasteiger partial charge in [-0.25, -0.2) is 0 Å². The minimum Gasteiger partial charge on any atom is -0.325 e. The van der Waals surface area contributed by atoms with E-state index in [4.69, 9.17) is 0 Å². The molecule has 0 aliphatic heterocycles. The second-order valence-electron chi connectivity index (χ2n) is 5.65. The number of rotatable bonds is 6. The van der Waals surface area contributed by atoms with Crippen molar-refractivity contribution >= 4 is 45.8 Å². The molecule has 2 aromatic carbocycles. The fourth-order valence-electron chi connectivity index (χ4n) is 2.15. The average molecular weight is 437 g/mol. The molecule has 0 aliphatic carbocycles. The van der Waals surface area contributed by atoms with Crippen LogP contribution >= 0.6 is 22.6 Å². The first-order chi connectivity index (χ1) is 11.4. The minimum atomic E-state index is -0.150. The van der Waals surface area contributed by atoms with Crippen LogP contribution in [0.25, 0.3) is 0 Å². The molecule has 0 saturated heterocycles. The molecule has 2 rings (SSSR count). The van der Waals surface area contributed by atoms with Crippen molar-refractivity contribution in [3.05, 3.63) is 57.7 Å². The summed E-state index contributed by atoms with van der Waals surface area (Å²) < 4.78 is 1.05. The summed E-state index contributed by atoms with van der Waals surface area (Å²) in [6.45, 7) is 2.28. The maximum absolute atomic E-state index is 12.0. The molecule has 5 nitrogen and oxygen atoms in total. The number of hydrogen-bond donors (Lipinski definition) is 2. The van der Waals surface area contributed by atoms with Gasteiger partial charge in [-0.15, -0.1) is 0 Å². The van der Waals surface area contributed by atoms with E-state index >= 15 is 0 Å². The lowest BCUT2D eigenvalue weighted by atomic mass is 10.2. The summed E-state index contributed by atoms with van der Waals surface area (Å²) in [4.78, 5) is 25.7. The fourth-order valence-corrected chi connectivity index (χ4v) is 2.69. The van der Waals surface area contributed by atoms with Crippen molar-refractivity contribution in [2.75, 3.05) is 30.8 Å². The van der Waals surface area contributed by atoms with Crippen LogP contribution in [-0.4, -0.2) is 36.9 Å². The predicted molar refractivity (Wildman–Crippen MR) is 105 cm³/mol. The van der Waals surface area contributed by atoms with Crippen LogP contribution in [-0.2, 0) is 9.59 Å². The first-order valence-corrected chi connectivity index (χ1v) is 8.61. The predicted octanol–water partition coefficient (Wildman–Crippen LogP) is 3.11. The van der Waals surface area contributed by atoms with Crippen LogP contribution < -0.4 is 10.6 Å². The zero-order valence-corrected chi connectivity index (χ0v) is 15.8. The molecule has 0 fully saturated rings. The third kappa shape index (κ3) is 6.29. The Hall–Kier alpha value is -1.93. The number of carbonyl (C=O) groups is 2. The molecule has 0 aromatic heterocycles. The van der Waals surface area contributed by atoms with E-state index in [0.29, 0.717) is 0 Å². The Kier molecular flexibility index (Phi) is 6.74. The van der Waals surface area contributed by atoms with Gasteiger partial charge in [0.05, 0.1) is 13.1 Å². The topological polar surface area (TPSA) is 61.4 Å². The van der Waals surface area contributed by atoms with E-state index in [1.165, 1.54) is 0 Å². The number of hydrogen-bond acceptors (Lipinski definition) is 3. The smallest absolute Gasteiger partial charge is 0.238 e. The van der Waals surface area contributed by atoms with E-state index in [1.54, 1.807) is 11.9 Å². The molecule has 0 atom stereocenters. The van der Waals surface area contributed by atoms with Crippen molar-refractivity contribution in [3.8, 4) is 0 Å². The lowest BCUT2D eigenvalue weighted by Gasteiger charge is -2.16. The van der Waals surface area contributed by atoms with Crippen LogP contribution in [0.2, 0.25) is 0 Å². The van der Waals surface area contributed by atoms with Gasteiger partial charge in [0, 0.05) is 14.9 Å². The highest BCUT2D eigenvalue weighted by Crippen LogP contribution is 2.12. The molecule has 0 bridgehead atoms. The van der Waals surface area contributed by atoms with E-state index in [0.717, 1.165) is 20.5 Å². The molecule has 24 heavy (non-hydrogen) atoms. The average Bonchev–Trinajstić information content (AvgIpc) is 2.49. The van der Waals surface area contributed by atoms with E-state index < -0.39 is 0 Å². The molecular weight excluding hydrogens is 417 g/mol. The van der Waals surface area contributed by atoms with Crippen LogP contribution in [0.5, 0.6) is 0 Å². The number of aryl methyl sites for hydroxylation is 1. The number of nitrogens with zero attached hydrogens (tertiary/aromatic N) is 1. The number of benzene rings is 2. The highest BCUT2D eigenvalue weighted by Gasteiger charge is 2.11. The largest absolute Gasteiger partial charge is 0.325 e. The normalized spacial score (nSPS) is 10.5. The number of likely N-dealkylation sites (N-methyl/N-ethyl adjacent to an activating group) is 1. The van der Waals surface area contributed by atoms with E-state index in [2.05, 4.69) is 33.2 Å². The summed E-state index contributed by atoms with van der Waals surface area (Å²) in [5.74, 6) is -0.300. The molecule has 2 aromatic rings. The Morgan fingerprint density at radius 3 is 2.12 bits per heavy atom. The second-order valence-corrected chi connectivity index (χ2v) is 6.89. The van der Waals surface area contributed by atoms with Crippen molar-refractivity contribution in [1.29, 1.82) is 0 Å². The van der Waals surface area contributed by atoms with Crippen molar-refractivity contribution in [3.63, 3.8) is 0 Å². The van der Waals surface area contributed by atoms with E-state index in [-0.39, 0.29) is 24.9 Å². The molecule has 0 saturated carbocycles. The molecule has 0 heterocycles. The first kappa shape index (κ1) is 18.4.